The Kier molecular flexibility index (Phi) is 9.07. The molecule has 0 saturated heterocycles. The van der Waals surface area contributed by atoms with Gasteiger partial charge >= 0.3 is 0 Å². The molecule has 0 aliphatic rings. The van der Waals surface area contributed by atoms with Gasteiger partial charge in [0.2, 0.25) is 0 Å². The number of ether oxygens (including phenoxy) is 2. The van der Waals surface area contributed by atoms with Crippen LogP contribution >= 0.6 is 0 Å². The summed E-state index contributed by atoms with van der Waals surface area (Å²) in [5.41, 5.74) is 2.34. The predicted molar refractivity (Wildman–Crippen MR) is 81.9 cm³/mol. The van der Waals surface area contributed by atoms with Crippen molar-refractivity contribution in [1.29, 1.82) is 0 Å². The fourth-order valence-electron chi connectivity index (χ4n) is 1.69. The van der Waals surface area contributed by atoms with Crippen molar-refractivity contribution in [1.82, 2.24) is 0 Å². The minimum atomic E-state index is 0.626. The second kappa shape index (κ2) is 11.1. The molecule has 2 nitrogen and oxygen atoms in total. The number of hydrogen-bond acceptors (Lipinski definition) is 2. The SMILES string of the molecule is CC#CCCOCc1cccc(COCCC#CC)c1. The average Bonchev–Trinajstić information content (AvgIpc) is 2.47. The highest BCUT2D eigenvalue weighted by Crippen LogP contribution is 2.08. The summed E-state index contributed by atoms with van der Waals surface area (Å²) in [6, 6.07) is 8.29. The highest BCUT2D eigenvalue weighted by molar-refractivity contribution is 5.22. The van der Waals surface area contributed by atoms with E-state index in [0.29, 0.717) is 26.4 Å². The first kappa shape index (κ1) is 16.3. The molecule has 0 fully saturated rings. The van der Waals surface area contributed by atoms with Crippen molar-refractivity contribution in [3.8, 4) is 23.7 Å². The second-order valence-electron chi connectivity index (χ2n) is 4.28. The third kappa shape index (κ3) is 7.64. The molecule has 1 aromatic carbocycles. The first-order valence-electron chi connectivity index (χ1n) is 6.89. The molecule has 2 heteroatoms. The predicted octanol–water partition coefficient (Wildman–Crippen LogP) is 3.55. The lowest BCUT2D eigenvalue weighted by atomic mass is 10.1. The van der Waals surface area contributed by atoms with Crippen LogP contribution in [0.25, 0.3) is 0 Å². The summed E-state index contributed by atoms with van der Waals surface area (Å²) in [5, 5.41) is 0. The largest absolute Gasteiger partial charge is 0.376 e. The zero-order chi connectivity index (χ0) is 14.5. The molecule has 0 heterocycles. The highest BCUT2D eigenvalue weighted by Gasteiger charge is 1.97. The molecule has 0 aliphatic heterocycles. The number of hydrogen-bond donors (Lipinski definition) is 0. The van der Waals surface area contributed by atoms with E-state index in [1.807, 2.05) is 19.9 Å². The van der Waals surface area contributed by atoms with E-state index in [0.717, 1.165) is 12.8 Å². The fraction of sp³-hybridized carbons (Fsp3) is 0.444. The number of benzene rings is 1. The monoisotopic (exact) mass is 270 g/mol. The normalized spacial score (nSPS) is 9.30. The smallest absolute Gasteiger partial charge is 0.0717 e. The van der Waals surface area contributed by atoms with E-state index in [9.17, 15) is 0 Å². The summed E-state index contributed by atoms with van der Waals surface area (Å²) in [7, 11) is 0. The van der Waals surface area contributed by atoms with Crippen LogP contribution in [0, 0.1) is 23.7 Å². The first-order chi connectivity index (χ1) is 9.86. The molecule has 106 valence electrons. The van der Waals surface area contributed by atoms with E-state index in [-0.39, 0.29) is 0 Å². The van der Waals surface area contributed by atoms with Gasteiger partial charge in [-0.05, 0) is 25.0 Å². The first-order valence-corrected chi connectivity index (χ1v) is 6.89. The molecule has 20 heavy (non-hydrogen) atoms. The Morgan fingerprint density at radius 3 is 1.80 bits per heavy atom. The molecule has 0 atom stereocenters. The Labute approximate surface area is 122 Å². The van der Waals surface area contributed by atoms with Gasteiger partial charge in [0, 0.05) is 12.8 Å². The Hall–Kier alpha value is -1.74. The zero-order valence-electron chi connectivity index (χ0n) is 12.4. The van der Waals surface area contributed by atoms with Gasteiger partial charge in [0.1, 0.15) is 0 Å². The number of rotatable bonds is 8. The third-order valence-corrected chi connectivity index (χ3v) is 2.63. The summed E-state index contributed by atoms with van der Waals surface area (Å²) in [6.45, 7) is 6.29. The van der Waals surface area contributed by atoms with Crippen LogP contribution in [-0.2, 0) is 22.7 Å². The topological polar surface area (TPSA) is 18.5 Å². The molecular formula is C18H22O2. The maximum atomic E-state index is 5.57. The quantitative estimate of drug-likeness (QED) is 0.531. The van der Waals surface area contributed by atoms with Crippen molar-refractivity contribution < 1.29 is 9.47 Å². The van der Waals surface area contributed by atoms with Gasteiger partial charge in [0.25, 0.3) is 0 Å². The van der Waals surface area contributed by atoms with Gasteiger partial charge in [-0.25, -0.2) is 0 Å². The van der Waals surface area contributed by atoms with Gasteiger partial charge in [-0.2, -0.15) is 0 Å². The molecular weight excluding hydrogens is 248 g/mol. The summed E-state index contributed by atoms with van der Waals surface area (Å²) >= 11 is 0. The van der Waals surface area contributed by atoms with Crippen LogP contribution in [-0.4, -0.2) is 13.2 Å². The second-order valence-corrected chi connectivity index (χ2v) is 4.28. The standard InChI is InChI=1S/C18H22O2/c1-3-5-7-12-19-15-17-10-9-11-18(14-17)16-20-13-8-6-4-2/h9-11,14H,7-8,12-13,15-16H2,1-2H3. The van der Waals surface area contributed by atoms with Crippen molar-refractivity contribution in [3.05, 3.63) is 35.4 Å². The Balaban J connectivity index is 2.28. The van der Waals surface area contributed by atoms with Crippen molar-refractivity contribution in [2.75, 3.05) is 13.2 Å². The zero-order valence-corrected chi connectivity index (χ0v) is 12.4. The van der Waals surface area contributed by atoms with E-state index >= 15 is 0 Å². The van der Waals surface area contributed by atoms with Gasteiger partial charge in [0.15, 0.2) is 0 Å². The minimum Gasteiger partial charge on any atom is -0.376 e. The van der Waals surface area contributed by atoms with E-state index in [1.165, 1.54) is 11.1 Å². The molecule has 0 aromatic heterocycles. The molecule has 0 aliphatic carbocycles. The third-order valence-electron chi connectivity index (χ3n) is 2.63. The summed E-state index contributed by atoms with van der Waals surface area (Å²) in [4.78, 5) is 0. The average molecular weight is 270 g/mol. The van der Waals surface area contributed by atoms with Crippen LogP contribution in [0.3, 0.4) is 0 Å². The van der Waals surface area contributed by atoms with Crippen molar-refractivity contribution in [2.24, 2.45) is 0 Å². The fourth-order valence-corrected chi connectivity index (χ4v) is 1.69. The van der Waals surface area contributed by atoms with Gasteiger partial charge in [-0.1, -0.05) is 24.3 Å². The van der Waals surface area contributed by atoms with Gasteiger partial charge in [-0.15, -0.1) is 23.7 Å². The molecule has 0 bridgehead atoms. The van der Waals surface area contributed by atoms with Crippen LogP contribution in [0.5, 0.6) is 0 Å². The Morgan fingerprint density at radius 1 is 0.850 bits per heavy atom. The summed E-state index contributed by atoms with van der Waals surface area (Å²) in [5.74, 6) is 11.7. The minimum absolute atomic E-state index is 0.626. The van der Waals surface area contributed by atoms with E-state index < -0.39 is 0 Å². The van der Waals surface area contributed by atoms with Gasteiger partial charge < -0.3 is 9.47 Å². The van der Waals surface area contributed by atoms with Gasteiger partial charge in [-0.3, -0.25) is 0 Å². The maximum absolute atomic E-state index is 5.57. The Bertz CT molecular complexity index is 454. The highest BCUT2D eigenvalue weighted by atomic mass is 16.5. The lowest BCUT2D eigenvalue weighted by Crippen LogP contribution is -1.98. The summed E-state index contributed by atoms with van der Waals surface area (Å²) in [6.07, 6.45) is 1.58. The van der Waals surface area contributed by atoms with Crippen LogP contribution in [0.15, 0.2) is 24.3 Å². The van der Waals surface area contributed by atoms with Crippen LogP contribution in [0.4, 0.5) is 0 Å². The van der Waals surface area contributed by atoms with E-state index in [2.05, 4.69) is 41.9 Å². The van der Waals surface area contributed by atoms with Crippen molar-refractivity contribution in [3.63, 3.8) is 0 Å². The van der Waals surface area contributed by atoms with Crippen LogP contribution < -0.4 is 0 Å². The molecule has 1 rings (SSSR count). The molecule has 0 radical (unpaired) electrons. The van der Waals surface area contributed by atoms with E-state index in [4.69, 9.17) is 9.47 Å². The molecule has 0 amide bonds. The summed E-state index contributed by atoms with van der Waals surface area (Å²) < 4.78 is 11.1. The molecule has 0 unspecified atom stereocenters. The maximum Gasteiger partial charge on any atom is 0.0717 e. The Morgan fingerprint density at radius 2 is 1.35 bits per heavy atom. The van der Waals surface area contributed by atoms with Crippen LogP contribution in [0.1, 0.15) is 37.8 Å². The molecule has 0 saturated carbocycles. The lowest BCUT2D eigenvalue weighted by molar-refractivity contribution is 0.122. The van der Waals surface area contributed by atoms with Gasteiger partial charge in [0.05, 0.1) is 26.4 Å². The van der Waals surface area contributed by atoms with Crippen molar-refractivity contribution >= 4 is 0 Å². The molecule has 0 spiro atoms. The molecule has 0 N–H and O–H groups in total. The lowest BCUT2D eigenvalue weighted by Gasteiger charge is -2.06. The molecule has 1 aromatic rings. The van der Waals surface area contributed by atoms with Crippen LogP contribution in [0.2, 0.25) is 0 Å². The van der Waals surface area contributed by atoms with E-state index in [1.54, 1.807) is 0 Å². The van der Waals surface area contributed by atoms with Crippen molar-refractivity contribution in [2.45, 2.75) is 39.9 Å².